The zero-order chi connectivity index (χ0) is 14.7. The van der Waals surface area contributed by atoms with Crippen LogP contribution in [0.15, 0.2) is 23.1 Å². The Hall–Kier alpha value is -1.07. The maximum atomic E-state index is 12.5. The highest BCUT2D eigenvalue weighted by atomic mass is 35.5. The van der Waals surface area contributed by atoms with Crippen LogP contribution in [0.1, 0.15) is 26.2 Å². The molecule has 1 aromatic carbocycles. The standard InChI is InChI=1S/C14H19ClN2O2S/c1-10(14(18)17-7-3-2-4-8-17)20(19)11-5-6-13(16)12(15)9-11/h5-6,9-10H,2-4,7-8,16H2,1H3. The summed E-state index contributed by atoms with van der Waals surface area (Å²) in [4.78, 5) is 14.7. The summed E-state index contributed by atoms with van der Waals surface area (Å²) in [5, 5.41) is -0.193. The molecule has 0 spiro atoms. The van der Waals surface area contributed by atoms with E-state index in [1.807, 2.05) is 4.90 Å². The average molecular weight is 315 g/mol. The number of carbonyl (C=O) groups excluding carboxylic acids is 1. The maximum absolute atomic E-state index is 12.5. The predicted molar refractivity (Wildman–Crippen MR) is 82.2 cm³/mol. The van der Waals surface area contributed by atoms with Crippen LogP contribution in [0.2, 0.25) is 5.02 Å². The summed E-state index contributed by atoms with van der Waals surface area (Å²) >= 11 is 5.94. The van der Waals surface area contributed by atoms with Gasteiger partial charge in [-0.2, -0.15) is 0 Å². The molecule has 0 bridgehead atoms. The van der Waals surface area contributed by atoms with Crippen molar-refractivity contribution in [3.63, 3.8) is 0 Å². The Bertz CT molecular complexity index is 530. The number of piperidine rings is 1. The number of carbonyl (C=O) groups is 1. The van der Waals surface area contributed by atoms with E-state index in [0.29, 0.717) is 15.6 Å². The van der Waals surface area contributed by atoms with E-state index < -0.39 is 16.0 Å². The lowest BCUT2D eigenvalue weighted by molar-refractivity contribution is -0.131. The van der Waals surface area contributed by atoms with E-state index in [1.165, 1.54) is 0 Å². The average Bonchev–Trinajstić information content (AvgIpc) is 2.48. The van der Waals surface area contributed by atoms with Crippen LogP contribution in [-0.2, 0) is 15.6 Å². The SMILES string of the molecule is CC(C(=O)N1CCCCC1)S(=O)c1ccc(N)c(Cl)c1. The lowest BCUT2D eigenvalue weighted by Crippen LogP contribution is -2.42. The minimum absolute atomic E-state index is 0.0454. The summed E-state index contributed by atoms with van der Waals surface area (Å²) in [6.45, 7) is 3.24. The molecule has 110 valence electrons. The van der Waals surface area contributed by atoms with E-state index in [1.54, 1.807) is 25.1 Å². The first-order chi connectivity index (χ1) is 9.50. The topological polar surface area (TPSA) is 63.4 Å². The number of amides is 1. The van der Waals surface area contributed by atoms with Crippen molar-refractivity contribution in [3.8, 4) is 0 Å². The van der Waals surface area contributed by atoms with E-state index in [2.05, 4.69) is 0 Å². The van der Waals surface area contributed by atoms with Gasteiger partial charge in [-0.1, -0.05) is 11.6 Å². The van der Waals surface area contributed by atoms with Gasteiger partial charge in [-0.15, -0.1) is 0 Å². The molecular weight excluding hydrogens is 296 g/mol. The molecule has 0 saturated carbocycles. The highest BCUT2D eigenvalue weighted by Gasteiger charge is 2.27. The van der Waals surface area contributed by atoms with Crippen molar-refractivity contribution in [2.24, 2.45) is 0 Å². The number of hydrogen-bond acceptors (Lipinski definition) is 3. The molecule has 2 unspecified atom stereocenters. The fourth-order valence-electron chi connectivity index (χ4n) is 2.30. The van der Waals surface area contributed by atoms with Crippen LogP contribution in [0.25, 0.3) is 0 Å². The van der Waals surface area contributed by atoms with Crippen molar-refractivity contribution in [2.45, 2.75) is 36.3 Å². The summed E-state index contributed by atoms with van der Waals surface area (Å²) in [6, 6.07) is 4.86. The number of nitrogen functional groups attached to an aromatic ring is 1. The lowest BCUT2D eigenvalue weighted by atomic mass is 10.1. The van der Waals surface area contributed by atoms with Crippen molar-refractivity contribution >= 4 is 34.0 Å². The Kier molecular flexibility index (Phi) is 5.05. The second-order valence-electron chi connectivity index (χ2n) is 5.01. The van der Waals surface area contributed by atoms with Gasteiger partial charge < -0.3 is 10.6 Å². The number of anilines is 1. The smallest absolute Gasteiger partial charge is 0.238 e. The predicted octanol–water partition coefficient (Wildman–Crippen LogP) is 2.43. The first-order valence-electron chi connectivity index (χ1n) is 6.75. The summed E-state index contributed by atoms with van der Waals surface area (Å²) in [5.74, 6) is -0.0454. The van der Waals surface area contributed by atoms with Gasteiger partial charge >= 0.3 is 0 Å². The first-order valence-corrected chi connectivity index (χ1v) is 8.34. The third kappa shape index (κ3) is 3.33. The molecule has 1 heterocycles. The molecule has 1 aromatic rings. The number of likely N-dealkylation sites (tertiary alicyclic amines) is 1. The van der Waals surface area contributed by atoms with Gasteiger partial charge in [0.1, 0.15) is 5.25 Å². The molecule has 4 nitrogen and oxygen atoms in total. The Labute approximate surface area is 126 Å². The minimum Gasteiger partial charge on any atom is -0.398 e. The van der Waals surface area contributed by atoms with Crippen LogP contribution in [0, 0.1) is 0 Å². The van der Waals surface area contributed by atoms with Crippen molar-refractivity contribution in [3.05, 3.63) is 23.2 Å². The van der Waals surface area contributed by atoms with Gasteiger partial charge in [-0.05, 0) is 44.4 Å². The van der Waals surface area contributed by atoms with Crippen LogP contribution in [0.3, 0.4) is 0 Å². The van der Waals surface area contributed by atoms with Gasteiger partial charge in [-0.25, -0.2) is 0 Å². The number of benzene rings is 1. The largest absolute Gasteiger partial charge is 0.398 e. The van der Waals surface area contributed by atoms with Gasteiger partial charge in [0, 0.05) is 18.0 Å². The minimum atomic E-state index is -1.41. The number of nitrogens with zero attached hydrogens (tertiary/aromatic N) is 1. The number of hydrogen-bond donors (Lipinski definition) is 1. The Morgan fingerprint density at radius 3 is 2.60 bits per heavy atom. The summed E-state index contributed by atoms with van der Waals surface area (Å²) in [5.41, 5.74) is 6.08. The second-order valence-corrected chi connectivity index (χ2v) is 7.19. The molecule has 1 saturated heterocycles. The van der Waals surface area contributed by atoms with Crippen LogP contribution in [-0.4, -0.2) is 33.4 Å². The van der Waals surface area contributed by atoms with Crippen LogP contribution < -0.4 is 5.73 Å². The maximum Gasteiger partial charge on any atom is 0.238 e. The summed E-state index contributed by atoms with van der Waals surface area (Å²) in [7, 11) is -1.41. The van der Waals surface area contributed by atoms with Gasteiger partial charge in [0.2, 0.25) is 5.91 Å². The highest BCUT2D eigenvalue weighted by Crippen LogP contribution is 2.23. The van der Waals surface area contributed by atoms with Crippen molar-refractivity contribution in [1.29, 1.82) is 0 Å². The molecule has 2 atom stereocenters. The second kappa shape index (κ2) is 6.59. The van der Waals surface area contributed by atoms with E-state index in [4.69, 9.17) is 17.3 Å². The normalized spacial score (nSPS) is 18.6. The monoisotopic (exact) mass is 314 g/mol. The fraction of sp³-hybridized carbons (Fsp3) is 0.500. The van der Waals surface area contributed by atoms with Gasteiger partial charge in [0.05, 0.1) is 21.5 Å². The summed E-state index contributed by atoms with van der Waals surface area (Å²) in [6.07, 6.45) is 3.21. The molecule has 2 rings (SSSR count). The van der Waals surface area contributed by atoms with Crippen LogP contribution in [0.5, 0.6) is 0 Å². The first kappa shape index (κ1) is 15.3. The molecule has 0 aromatic heterocycles. The third-order valence-electron chi connectivity index (χ3n) is 3.54. The highest BCUT2D eigenvalue weighted by molar-refractivity contribution is 7.86. The quantitative estimate of drug-likeness (QED) is 0.872. The molecule has 1 aliphatic rings. The molecule has 1 fully saturated rings. The number of halogens is 1. The Balaban J connectivity index is 2.10. The summed E-state index contributed by atoms with van der Waals surface area (Å²) < 4.78 is 12.5. The van der Waals surface area contributed by atoms with Crippen LogP contribution in [0.4, 0.5) is 5.69 Å². The molecule has 0 radical (unpaired) electrons. The van der Waals surface area contributed by atoms with E-state index in [0.717, 1.165) is 32.4 Å². The zero-order valence-corrected chi connectivity index (χ0v) is 13.0. The Morgan fingerprint density at radius 2 is 2.00 bits per heavy atom. The zero-order valence-electron chi connectivity index (χ0n) is 11.5. The van der Waals surface area contributed by atoms with Crippen molar-refractivity contribution in [2.75, 3.05) is 18.8 Å². The van der Waals surface area contributed by atoms with Crippen molar-refractivity contribution in [1.82, 2.24) is 4.90 Å². The van der Waals surface area contributed by atoms with Crippen LogP contribution >= 0.6 is 11.6 Å². The number of nitrogens with two attached hydrogens (primary N) is 1. The van der Waals surface area contributed by atoms with Gasteiger partial charge in [0.25, 0.3) is 0 Å². The van der Waals surface area contributed by atoms with E-state index in [9.17, 15) is 9.00 Å². The Morgan fingerprint density at radius 1 is 1.35 bits per heavy atom. The van der Waals surface area contributed by atoms with E-state index in [-0.39, 0.29) is 5.91 Å². The lowest BCUT2D eigenvalue weighted by Gasteiger charge is -2.29. The fourth-order valence-corrected chi connectivity index (χ4v) is 3.72. The van der Waals surface area contributed by atoms with Gasteiger partial charge in [0.15, 0.2) is 0 Å². The van der Waals surface area contributed by atoms with E-state index >= 15 is 0 Å². The number of rotatable bonds is 3. The molecule has 2 N–H and O–H groups in total. The molecule has 0 aliphatic carbocycles. The molecule has 6 heteroatoms. The third-order valence-corrected chi connectivity index (χ3v) is 5.43. The molecule has 1 aliphatic heterocycles. The van der Waals surface area contributed by atoms with Gasteiger partial charge in [-0.3, -0.25) is 9.00 Å². The molecular formula is C14H19ClN2O2S. The molecule has 1 amide bonds. The van der Waals surface area contributed by atoms with Crippen molar-refractivity contribution < 1.29 is 9.00 Å². The molecule has 20 heavy (non-hydrogen) atoms.